The summed E-state index contributed by atoms with van der Waals surface area (Å²) < 4.78 is 7.15. The molecular weight excluding hydrogens is 292 g/mol. The molecule has 7 nitrogen and oxygen atoms in total. The first-order valence-corrected chi connectivity index (χ1v) is 7.16. The Morgan fingerprint density at radius 3 is 2.65 bits per heavy atom. The molecule has 4 heterocycles. The highest BCUT2D eigenvalue weighted by Crippen LogP contribution is 2.26. The standard InChI is InChI=1S/C16H14N6O/c1-9-6-7-17-8-11(9)15-18-10(2)14-21-20-12-4-5-13(23-3)19-16(12)22(14)15/h4-8H,1-3H3. The minimum Gasteiger partial charge on any atom is -0.481 e. The van der Waals surface area contributed by atoms with E-state index in [0.717, 1.165) is 22.6 Å². The van der Waals surface area contributed by atoms with Gasteiger partial charge in [0.25, 0.3) is 0 Å². The largest absolute Gasteiger partial charge is 0.481 e. The average Bonchev–Trinajstić information content (AvgIpc) is 2.92. The van der Waals surface area contributed by atoms with Crippen molar-refractivity contribution in [2.45, 2.75) is 13.8 Å². The Kier molecular flexibility index (Phi) is 2.94. The second-order valence-electron chi connectivity index (χ2n) is 5.27. The predicted molar refractivity (Wildman–Crippen MR) is 85.3 cm³/mol. The molecule has 4 aromatic heterocycles. The van der Waals surface area contributed by atoms with Crippen molar-refractivity contribution in [3.63, 3.8) is 0 Å². The zero-order chi connectivity index (χ0) is 16.0. The molecule has 4 rings (SSSR count). The first-order valence-electron chi connectivity index (χ1n) is 7.16. The van der Waals surface area contributed by atoms with Gasteiger partial charge >= 0.3 is 0 Å². The molecule has 0 N–H and O–H groups in total. The zero-order valence-electron chi connectivity index (χ0n) is 13.0. The molecule has 0 aliphatic heterocycles. The van der Waals surface area contributed by atoms with Gasteiger partial charge in [-0.25, -0.2) is 4.98 Å². The van der Waals surface area contributed by atoms with E-state index in [0.29, 0.717) is 22.7 Å². The van der Waals surface area contributed by atoms with Crippen molar-refractivity contribution >= 4 is 16.8 Å². The first-order chi connectivity index (χ1) is 11.2. The van der Waals surface area contributed by atoms with Gasteiger partial charge in [0.05, 0.1) is 12.8 Å². The van der Waals surface area contributed by atoms with Crippen LogP contribution in [0, 0.1) is 13.8 Å². The molecule has 0 amide bonds. The fourth-order valence-corrected chi connectivity index (χ4v) is 2.60. The SMILES string of the molecule is COc1ccc2nnc3c(C)nc(-c4cnccc4C)n3c2n1. The minimum atomic E-state index is 0.520. The van der Waals surface area contributed by atoms with E-state index in [4.69, 9.17) is 4.74 Å². The van der Waals surface area contributed by atoms with Gasteiger partial charge < -0.3 is 4.74 Å². The molecule has 0 unspecified atom stereocenters. The van der Waals surface area contributed by atoms with E-state index in [-0.39, 0.29) is 0 Å². The molecule has 0 spiro atoms. The fourth-order valence-electron chi connectivity index (χ4n) is 2.60. The quantitative estimate of drug-likeness (QED) is 0.566. The van der Waals surface area contributed by atoms with Crippen molar-refractivity contribution in [2.24, 2.45) is 0 Å². The first kappa shape index (κ1) is 13.6. The molecule has 0 atom stereocenters. The minimum absolute atomic E-state index is 0.520. The maximum atomic E-state index is 5.24. The fraction of sp³-hybridized carbons (Fsp3) is 0.188. The van der Waals surface area contributed by atoms with Crippen LogP contribution in [0.25, 0.3) is 28.2 Å². The van der Waals surface area contributed by atoms with Crippen LogP contribution in [-0.2, 0) is 0 Å². The number of pyridine rings is 2. The topological polar surface area (TPSA) is 78.1 Å². The Labute approximate surface area is 132 Å². The molecule has 7 heteroatoms. The van der Waals surface area contributed by atoms with Gasteiger partial charge in [0, 0.05) is 24.0 Å². The van der Waals surface area contributed by atoms with Crippen molar-refractivity contribution in [1.82, 2.24) is 29.5 Å². The number of rotatable bonds is 2. The molecule has 114 valence electrons. The van der Waals surface area contributed by atoms with Crippen LogP contribution in [0.1, 0.15) is 11.3 Å². The van der Waals surface area contributed by atoms with Gasteiger partial charge in [-0.1, -0.05) is 0 Å². The number of aromatic nitrogens is 6. The van der Waals surface area contributed by atoms with Crippen LogP contribution in [0.2, 0.25) is 0 Å². The predicted octanol–water partition coefficient (Wildman–Crippen LogP) is 2.36. The third-order valence-corrected chi connectivity index (χ3v) is 3.80. The normalized spacial score (nSPS) is 11.3. The van der Waals surface area contributed by atoms with E-state index >= 15 is 0 Å². The summed E-state index contributed by atoms with van der Waals surface area (Å²) in [7, 11) is 1.59. The molecule has 0 saturated carbocycles. The Balaban J connectivity index is 2.16. The highest BCUT2D eigenvalue weighted by atomic mass is 16.5. The lowest BCUT2D eigenvalue weighted by molar-refractivity contribution is 0.399. The number of methoxy groups -OCH3 is 1. The van der Waals surface area contributed by atoms with Crippen LogP contribution in [0.4, 0.5) is 0 Å². The summed E-state index contributed by atoms with van der Waals surface area (Å²) in [5.41, 5.74) is 4.83. The van der Waals surface area contributed by atoms with E-state index in [1.807, 2.05) is 30.4 Å². The van der Waals surface area contributed by atoms with Crippen molar-refractivity contribution in [3.05, 3.63) is 41.9 Å². The van der Waals surface area contributed by atoms with Gasteiger partial charge in [-0.2, -0.15) is 4.98 Å². The monoisotopic (exact) mass is 306 g/mol. The number of fused-ring (bicyclic) bond motifs is 3. The molecule has 0 fully saturated rings. The summed E-state index contributed by atoms with van der Waals surface area (Å²) in [5.74, 6) is 1.27. The van der Waals surface area contributed by atoms with Crippen LogP contribution >= 0.6 is 0 Å². The molecule has 23 heavy (non-hydrogen) atoms. The van der Waals surface area contributed by atoms with E-state index < -0.39 is 0 Å². The summed E-state index contributed by atoms with van der Waals surface area (Å²) in [5, 5.41) is 8.52. The molecule has 0 saturated heterocycles. The van der Waals surface area contributed by atoms with Crippen molar-refractivity contribution in [1.29, 1.82) is 0 Å². The van der Waals surface area contributed by atoms with Crippen molar-refractivity contribution < 1.29 is 4.74 Å². The van der Waals surface area contributed by atoms with Crippen LogP contribution in [-0.4, -0.2) is 36.7 Å². The van der Waals surface area contributed by atoms with Gasteiger partial charge in [0.1, 0.15) is 11.3 Å². The number of hydrogen-bond acceptors (Lipinski definition) is 6. The second-order valence-corrected chi connectivity index (χ2v) is 5.27. The van der Waals surface area contributed by atoms with Gasteiger partial charge in [-0.3, -0.25) is 9.38 Å². The summed E-state index contributed by atoms with van der Waals surface area (Å²) in [6.45, 7) is 3.93. The smallest absolute Gasteiger partial charge is 0.215 e. The molecule has 0 aliphatic rings. The zero-order valence-corrected chi connectivity index (χ0v) is 13.0. The lowest BCUT2D eigenvalue weighted by atomic mass is 10.1. The van der Waals surface area contributed by atoms with Crippen LogP contribution in [0.15, 0.2) is 30.6 Å². The highest BCUT2D eigenvalue weighted by molar-refractivity contribution is 5.78. The van der Waals surface area contributed by atoms with Gasteiger partial charge in [0.2, 0.25) is 5.88 Å². The number of hydrogen-bond donors (Lipinski definition) is 0. The molecule has 0 radical (unpaired) electrons. The maximum absolute atomic E-state index is 5.24. The van der Waals surface area contributed by atoms with Crippen LogP contribution in [0.3, 0.4) is 0 Å². The van der Waals surface area contributed by atoms with Crippen molar-refractivity contribution in [2.75, 3.05) is 7.11 Å². The number of nitrogens with zero attached hydrogens (tertiary/aromatic N) is 6. The van der Waals surface area contributed by atoms with E-state index in [1.165, 1.54) is 0 Å². The molecular formula is C16H14N6O. The molecule has 0 aliphatic carbocycles. The third kappa shape index (κ3) is 2.01. The van der Waals surface area contributed by atoms with Gasteiger partial charge in [-0.15, -0.1) is 10.2 Å². The maximum Gasteiger partial charge on any atom is 0.215 e. The second kappa shape index (κ2) is 4.98. The van der Waals surface area contributed by atoms with E-state index in [2.05, 4.69) is 25.1 Å². The van der Waals surface area contributed by atoms with E-state index in [1.54, 1.807) is 25.6 Å². The van der Waals surface area contributed by atoms with Crippen molar-refractivity contribution in [3.8, 4) is 17.3 Å². The Morgan fingerprint density at radius 1 is 1.00 bits per heavy atom. The number of imidazole rings is 1. The third-order valence-electron chi connectivity index (χ3n) is 3.80. The molecule has 4 aromatic rings. The summed E-state index contributed by atoms with van der Waals surface area (Å²) >= 11 is 0. The highest BCUT2D eigenvalue weighted by Gasteiger charge is 2.17. The Hall–Kier alpha value is -3.09. The number of aryl methyl sites for hydroxylation is 2. The molecule has 0 bridgehead atoms. The van der Waals surface area contributed by atoms with Gasteiger partial charge in [0.15, 0.2) is 11.3 Å². The Bertz CT molecular complexity index is 1040. The summed E-state index contributed by atoms with van der Waals surface area (Å²) in [6.07, 6.45) is 3.57. The van der Waals surface area contributed by atoms with E-state index in [9.17, 15) is 0 Å². The van der Waals surface area contributed by atoms with Crippen LogP contribution in [0.5, 0.6) is 5.88 Å². The molecule has 0 aromatic carbocycles. The number of ether oxygens (including phenoxy) is 1. The Morgan fingerprint density at radius 2 is 1.87 bits per heavy atom. The summed E-state index contributed by atoms with van der Waals surface area (Å²) in [4.78, 5) is 13.4. The lowest BCUT2D eigenvalue weighted by Gasteiger charge is -2.07. The van der Waals surface area contributed by atoms with Crippen LogP contribution < -0.4 is 4.74 Å². The summed E-state index contributed by atoms with van der Waals surface area (Å²) in [6, 6.07) is 5.56. The lowest BCUT2D eigenvalue weighted by Crippen LogP contribution is -2.01. The van der Waals surface area contributed by atoms with Gasteiger partial charge in [-0.05, 0) is 31.5 Å². The average molecular weight is 306 g/mol.